The van der Waals surface area contributed by atoms with Crippen LogP contribution in [-0.2, 0) is 11.2 Å². The van der Waals surface area contributed by atoms with Gasteiger partial charge in [-0.15, -0.1) is 11.3 Å². The largest absolute Gasteiger partial charge is 0.394 e. The standard InChI is InChI=1S/C12H18N2O2S/c1-8-3-4-14(11(8)6-15)12(16)5-10-7-17-9(2)13-10/h7-8,11,15H,3-6H2,1-2H3. The number of aromatic nitrogens is 1. The maximum Gasteiger partial charge on any atom is 0.228 e. The van der Waals surface area contributed by atoms with E-state index >= 15 is 0 Å². The molecule has 1 aromatic rings. The van der Waals surface area contributed by atoms with Gasteiger partial charge in [-0.25, -0.2) is 4.98 Å². The van der Waals surface area contributed by atoms with Crippen molar-refractivity contribution in [3.63, 3.8) is 0 Å². The molecule has 1 aliphatic rings. The fourth-order valence-corrected chi connectivity index (χ4v) is 2.95. The number of nitrogens with zero attached hydrogens (tertiary/aromatic N) is 2. The summed E-state index contributed by atoms with van der Waals surface area (Å²) < 4.78 is 0. The first-order valence-electron chi connectivity index (χ1n) is 5.93. The van der Waals surface area contributed by atoms with Crippen molar-refractivity contribution in [3.05, 3.63) is 16.1 Å². The summed E-state index contributed by atoms with van der Waals surface area (Å²) in [5, 5.41) is 12.2. The lowest BCUT2D eigenvalue weighted by Crippen LogP contribution is -2.40. The summed E-state index contributed by atoms with van der Waals surface area (Å²) in [6.07, 6.45) is 1.33. The van der Waals surface area contributed by atoms with Gasteiger partial charge in [0.05, 0.1) is 29.8 Å². The number of hydrogen-bond donors (Lipinski definition) is 1. The molecule has 0 bridgehead atoms. The van der Waals surface area contributed by atoms with Crippen LogP contribution >= 0.6 is 11.3 Å². The minimum Gasteiger partial charge on any atom is -0.394 e. The molecule has 1 aromatic heterocycles. The van der Waals surface area contributed by atoms with E-state index in [4.69, 9.17) is 0 Å². The molecule has 2 atom stereocenters. The fraction of sp³-hybridized carbons (Fsp3) is 0.667. The van der Waals surface area contributed by atoms with Crippen LogP contribution in [0, 0.1) is 12.8 Å². The van der Waals surface area contributed by atoms with Crippen molar-refractivity contribution < 1.29 is 9.90 Å². The lowest BCUT2D eigenvalue weighted by Gasteiger charge is -2.24. The van der Waals surface area contributed by atoms with Crippen LogP contribution in [-0.4, -0.2) is 40.1 Å². The van der Waals surface area contributed by atoms with Crippen molar-refractivity contribution in [1.82, 2.24) is 9.88 Å². The van der Waals surface area contributed by atoms with Gasteiger partial charge in [-0.3, -0.25) is 4.79 Å². The number of hydrogen-bond acceptors (Lipinski definition) is 4. The first kappa shape index (κ1) is 12.5. The number of aryl methyl sites for hydroxylation is 1. The van der Waals surface area contributed by atoms with Gasteiger partial charge in [0.1, 0.15) is 0 Å². The molecule has 4 nitrogen and oxygen atoms in total. The number of likely N-dealkylation sites (tertiary alicyclic amines) is 1. The average Bonchev–Trinajstić information content (AvgIpc) is 2.84. The number of amides is 1. The Hall–Kier alpha value is -0.940. The zero-order chi connectivity index (χ0) is 12.4. The first-order valence-corrected chi connectivity index (χ1v) is 6.81. The number of carbonyl (C=O) groups is 1. The zero-order valence-corrected chi connectivity index (χ0v) is 11.0. The quantitative estimate of drug-likeness (QED) is 0.882. The molecular weight excluding hydrogens is 236 g/mol. The number of aliphatic hydroxyl groups excluding tert-OH is 1. The molecule has 1 saturated heterocycles. The van der Waals surface area contributed by atoms with Gasteiger partial charge in [0.15, 0.2) is 0 Å². The molecule has 0 radical (unpaired) electrons. The highest BCUT2D eigenvalue weighted by Crippen LogP contribution is 2.24. The van der Waals surface area contributed by atoms with Gasteiger partial charge in [0.2, 0.25) is 5.91 Å². The summed E-state index contributed by atoms with van der Waals surface area (Å²) >= 11 is 1.56. The van der Waals surface area contributed by atoms with Gasteiger partial charge < -0.3 is 10.0 Å². The molecule has 2 heterocycles. The molecule has 0 aromatic carbocycles. The Bertz CT molecular complexity index is 405. The van der Waals surface area contributed by atoms with E-state index in [-0.39, 0.29) is 18.6 Å². The van der Waals surface area contributed by atoms with Crippen LogP contribution in [0.1, 0.15) is 24.0 Å². The van der Waals surface area contributed by atoms with Crippen LogP contribution < -0.4 is 0 Å². The molecule has 0 aliphatic carbocycles. The van der Waals surface area contributed by atoms with E-state index in [9.17, 15) is 9.90 Å². The van der Waals surface area contributed by atoms with Crippen LogP contribution in [0.5, 0.6) is 0 Å². The third kappa shape index (κ3) is 2.66. The number of aliphatic hydroxyl groups is 1. The zero-order valence-electron chi connectivity index (χ0n) is 10.2. The maximum atomic E-state index is 12.1. The minimum atomic E-state index is -0.0118. The molecule has 0 saturated carbocycles. The molecule has 1 amide bonds. The van der Waals surface area contributed by atoms with E-state index in [0.29, 0.717) is 12.3 Å². The van der Waals surface area contributed by atoms with E-state index in [1.807, 2.05) is 12.3 Å². The van der Waals surface area contributed by atoms with Crippen molar-refractivity contribution in [2.45, 2.75) is 32.7 Å². The second-order valence-corrected chi connectivity index (χ2v) is 5.70. The summed E-state index contributed by atoms with van der Waals surface area (Å²) in [6, 6.07) is -0.0118. The lowest BCUT2D eigenvalue weighted by molar-refractivity contribution is -0.132. The summed E-state index contributed by atoms with van der Waals surface area (Å²) in [4.78, 5) is 18.2. The third-order valence-corrected chi connectivity index (χ3v) is 4.21. The molecule has 1 fully saturated rings. The summed E-state index contributed by atoms with van der Waals surface area (Å²) in [6.45, 7) is 4.84. The van der Waals surface area contributed by atoms with Crippen molar-refractivity contribution in [2.75, 3.05) is 13.2 Å². The second kappa shape index (κ2) is 5.14. The van der Waals surface area contributed by atoms with Gasteiger partial charge in [0.25, 0.3) is 0 Å². The van der Waals surface area contributed by atoms with Crippen LogP contribution in [0.15, 0.2) is 5.38 Å². The third-order valence-electron chi connectivity index (χ3n) is 3.39. The van der Waals surface area contributed by atoms with E-state index in [1.54, 1.807) is 16.2 Å². The number of thiazole rings is 1. The van der Waals surface area contributed by atoms with E-state index < -0.39 is 0 Å². The molecule has 1 aliphatic heterocycles. The van der Waals surface area contributed by atoms with Crippen LogP contribution in [0.25, 0.3) is 0 Å². The second-order valence-electron chi connectivity index (χ2n) is 4.64. The smallest absolute Gasteiger partial charge is 0.228 e. The monoisotopic (exact) mass is 254 g/mol. The highest BCUT2D eigenvalue weighted by atomic mass is 32.1. The topological polar surface area (TPSA) is 53.4 Å². The predicted octanol–water partition coefficient (Wildman–Crippen LogP) is 1.22. The van der Waals surface area contributed by atoms with E-state index in [2.05, 4.69) is 11.9 Å². The van der Waals surface area contributed by atoms with Crippen molar-refractivity contribution in [1.29, 1.82) is 0 Å². The summed E-state index contributed by atoms with van der Waals surface area (Å²) in [5.74, 6) is 0.472. The van der Waals surface area contributed by atoms with Gasteiger partial charge in [-0.1, -0.05) is 6.92 Å². The van der Waals surface area contributed by atoms with Crippen molar-refractivity contribution >= 4 is 17.2 Å². The van der Waals surface area contributed by atoms with Gasteiger partial charge in [-0.05, 0) is 19.3 Å². The molecule has 17 heavy (non-hydrogen) atoms. The Morgan fingerprint density at radius 1 is 1.71 bits per heavy atom. The Balaban J connectivity index is 2.00. The molecule has 2 unspecified atom stereocenters. The highest BCUT2D eigenvalue weighted by molar-refractivity contribution is 7.09. The average molecular weight is 254 g/mol. The molecule has 1 N–H and O–H groups in total. The van der Waals surface area contributed by atoms with Gasteiger partial charge in [-0.2, -0.15) is 0 Å². The Morgan fingerprint density at radius 3 is 3.06 bits per heavy atom. The fourth-order valence-electron chi connectivity index (χ4n) is 2.34. The Morgan fingerprint density at radius 2 is 2.47 bits per heavy atom. The normalized spacial score (nSPS) is 24.3. The Kier molecular flexibility index (Phi) is 3.79. The molecule has 0 spiro atoms. The molecule has 5 heteroatoms. The van der Waals surface area contributed by atoms with E-state index in [0.717, 1.165) is 23.7 Å². The molecule has 94 valence electrons. The molecular formula is C12H18N2O2S. The Labute approximate surface area is 105 Å². The SMILES string of the molecule is Cc1nc(CC(=O)N2CCC(C)C2CO)cs1. The van der Waals surface area contributed by atoms with Gasteiger partial charge >= 0.3 is 0 Å². The van der Waals surface area contributed by atoms with Crippen LogP contribution in [0.4, 0.5) is 0 Å². The lowest BCUT2D eigenvalue weighted by atomic mass is 10.0. The maximum absolute atomic E-state index is 12.1. The van der Waals surface area contributed by atoms with Crippen molar-refractivity contribution in [3.8, 4) is 0 Å². The van der Waals surface area contributed by atoms with Gasteiger partial charge in [0, 0.05) is 11.9 Å². The molecule has 2 rings (SSSR count). The first-order chi connectivity index (χ1) is 8.11. The van der Waals surface area contributed by atoms with E-state index in [1.165, 1.54) is 0 Å². The number of carbonyl (C=O) groups excluding carboxylic acids is 1. The minimum absolute atomic E-state index is 0.0118. The number of rotatable bonds is 3. The summed E-state index contributed by atoms with van der Waals surface area (Å²) in [7, 11) is 0. The van der Waals surface area contributed by atoms with Crippen LogP contribution in [0.3, 0.4) is 0 Å². The van der Waals surface area contributed by atoms with Crippen LogP contribution in [0.2, 0.25) is 0 Å². The summed E-state index contributed by atoms with van der Waals surface area (Å²) in [5.41, 5.74) is 0.841. The highest BCUT2D eigenvalue weighted by Gasteiger charge is 2.33. The van der Waals surface area contributed by atoms with Crippen molar-refractivity contribution in [2.24, 2.45) is 5.92 Å². The predicted molar refractivity (Wildman–Crippen MR) is 66.9 cm³/mol.